The molecule has 2 saturated heterocycles. The molecule has 5 aliphatic rings. The Hall–Kier alpha value is -5.31. The highest BCUT2D eigenvalue weighted by atomic mass is 32.2. The lowest BCUT2D eigenvalue weighted by Gasteiger charge is -2.33. The van der Waals surface area contributed by atoms with E-state index in [0.717, 1.165) is 18.4 Å². The lowest BCUT2D eigenvalue weighted by Crippen LogP contribution is -2.58. The molecule has 2 N–H and O–H groups in total. The van der Waals surface area contributed by atoms with E-state index in [1.54, 1.807) is 43.7 Å². The first-order valence-electron chi connectivity index (χ1n) is 21.5. The number of amides is 4. The first-order valence-corrected chi connectivity index (χ1v) is 23.0. The molecule has 4 amide bonds. The quantitative estimate of drug-likeness (QED) is 0.227. The molecule has 0 spiro atoms. The number of hydrogen-bond donors (Lipinski definition) is 2. The monoisotopic (exact) mass is 853 g/mol. The molecule has 6 atom stereocenters. The van der Waals surface area contributed by atoms with E-state index in [-0.39, 0.29) is 50.2 Å². The van der Waals surface area contributed by atoms with Crippen molar-refractivity contribution in [3.05, 3.63) is 72.3 Å². The van der Waals surface area contributed by atoms with Crippen LogP contribution in [0.15, 0.2) is 66.7 Å². The number of nitrogens with one attached hydrogen (secondary N) is 2. The fraction of sp³-hybridized carbons (Fsp3) is 0.522. The summed E-state index contributed by atoms with van der Waals surface area (Å²) in [6.07, 6.45) is 8.23. The van der Waals surface area contributed by atoms with Crippen molar-refractivity contribution in [1.29, 1.82) is 0 Å². The Labute approximate surface area is 356 Å². The molecule has 61 heavy (non-hydrogen) atoms. The number of hydrogen-bond acceptors (Lipinski definition) is 10. The molecule has 2 aliphatic carbocycles. The molecule has 0 bridgehead atoms. The number of ether oxygens (including phenoxy) is 2. The third-order valence-corrected chi connectivity index (χ3v) is 14.6. The first-order chi connectivity index (χ1) is 29.1. The van der Waals surface area contributed by atoms with Gasteiger partial charge in [-0.05, 0) is 95.7 Å². The Balaban J connectivity index is 1.12. The number of sulfonamides is 1. The maximum atomic E-state index is 14.9. The average molecular weight is 854 g/mol. The molecule has 0 radical (unpaired) electrons. The molecule has 324 valence electrons. The third kappa shape index (κ3) is 8.89. The van der Waals surface area contributed by atoms with Crippen LogP contribution in [0.4, 0.5) is 0 Å². The van der Waals surface area contributed by atoms with Gasteiger partial charge in [-0.1, -0.05) is 43.2 Å². The van der Waals surface area contributed by atoms with Crippen LogP contribution >= 0.6 is 0 Å². The van der Waals surface area contributed by atoms with Crippen LogP contribution in [-0.2, 0) is 33.9 Å². The third-order valence-electron chi connectivity index (χ3n) is 12.8. The van der Waals surface area contributed by atoms with E-state index in [2.05, 4.69) is 10.0 Å². The zero-order valence-electron chi connectivity index (χ0n) is 35.2. The Morgan fingerprint density at radius 1 is 0.967 bits per heavy atom. The Kier molecular flexibility index (Phi) is 11.5. The number of methoxy groups -OCH3 is 1. The maximum Gasteiger partial charge on any atom is 0.307 e. The predicted molar refractivity (Wildman–Crippen MR) is 227 cm³/mol. The van der Waals surface area contributed by atoms with Crippen LogP contribution in [0, 0.1) is 23.7 Å². The zero-order chi connectivity index (χ0) is 43.3. The minimum Gasteiger partial charge on any atom is -0.497 e. The van der Waals surface area contributed by atoms with Crippen molar-refractivity contribution in [3.8, 4) is 17.0 Å². The Morgan fingerprint density at radius 3 is 2.44 bits per heavy atom. The maximum absolute atomic E-state index is 14.9. The molecule has 0 unspecified atom stereocenters. The van der Waals surface area contributed by atoms with E-state index in [1.807, 2.05) is 60.7 Å². The molecule has 2 saturated carbocycles. The number of pyridine rings is 1. The largest absolute Gasteiger partial charge is 0.497 e. The van der Waals surface area contributed by atoms with Gasteiger partial charge in [0.2, 0.25) is 21.8 Å². The molecule has 4 fully saturated rings. The molecule has 14 nitrogen and oxygen atoms in total. The molecule has 3 aromatic rings. The van der Waals surface area contributed by atoms with Crippen molar-refractivity contribution in [2.75, 3.05) is 26.7 Å². The number of carbonyl (C=O) groups excluding carboxylic acids is 5. The second-order valence-corrected chi connectivity index (χ2v) is 20.3. The van der Waals surface area contributed by atoms with Gasteiger partial charge < -0.3 is 24.6 Å². The number of benzene rings is 2. The van der Waals surface area contributed by atoms with Crippen LogP contribution in [0.25, 0.3) is 22.2 Å². The number of rotatable bonds is 8. The van der Waals surface area contributed by atoms with Crippen LogP contribution in [0.1, 0.15) is 88.9 Å². The van der Waals surface area contributed by atoms with E-state index >= 15 is 0 Å². The fourth-order valence-electron chi connectivity index (χ4n) is 9.39. The van der Waals surface area contributed by atoms with Crippen LogP contribution < -0.4 is 14.8 Å². The Bertz CT molecular complexity index is 2370. The van der Waals surface area contributed by atoms with Gasteiger partial charge in [-0.3, -0.25) is 28.7 Å². The summed E-state index contributed by atoms with van der Waals surface area (Å²) >= 11 is 0. The number of carbonyl (C=O) groups is 5. The van der Waals surface area contributed by atoms with E-state index < -0.39 is 68.0 Å². The summed E-state index contributed by atoms with van der Waals surface area (Å²) in [5, 5.41) is 3.01. The molecule has 3 aliphatic heterocycles. The van der Waals surface area contributed by atoms with Crippen molar-refractivity contribution >= 4 is 50.5 Å². The second-order valence-electron chi connectivity index (χ2n) is 18.4. The molecule has 8 rings (SSSR count). The van der Waals surface area contributed by atoms with E-state index in [0.29, 0.717) is 60.0 Å². The number of likely N-dealkylation sites (tertiary alicyclic amines) is 1. The summed E-state index contributed by atoms with van der Waals surface area (Å²) in [6, 6.07) is 15.6. The topological polar surface area (TPSA) is 181 Å². The van der Waals surface area contributed by atoms with Gasteiger partial charge in [-0.2, -0.15) is 0 Å². The summed E-state index contributed by atoms with van der Waals surface area (Å²) in [7, 11) is -2.33. The minimum atomic E-state index is -3.92. The predicted octanol–water partition coefficient (Wildman–Crippen LogP) is 5.16. The highest BCUT2D eigenvalue weighted by Gasteiger charge is 2.63. The highest BCUT2D eigenvalue weighted by Crippen LogP contribution is 2.47. The second kappa shape index (κ2) is 16.5. The molecule has 2 aromatic carbocycles. The molecule has 4 heterocycles. The average Bonchev–Trinajstić information content (AvgIpc) is 4.12. The van der Waals surface area contributed by atoms with Gasteiger partial charge in [0.05, 0.1) is 35.6 Å². The normalized spacial score (nSPS) is 27.4. The summed E-state index contributed by atoms with van der Waals surface area (Å²) in [6.45, 7) is 5.88. The minimum absolute atomic E-state index is 0.148. The van der Waals surface area contributed by atoms with Crippen LogP contribution in [0.5, 0.6) is 5.75 Å². The van der Waals surface area contributed by atoms with Gasteiger partial charge in [-0.15, -0.1) is 0 Å². The summed E-state index contributed by atoms with van der Waals surface area (Å²) in [4.78, 5) is 79.7. The van der Waals surface area contributed by atoms with Crippen molar-refractivity contribution in [3.63, 3.8) is 0 Å². The number of esters is 1. The lowest BCUT2D eigenvalue weighted by atomic mass is 9.92. The van der Waals surface area contributed by atoms with E-state index in [4.69, 9.17) is 14.5 Å². The lowest BCUT2D eigenvalue weighted by molar-refractivity contribution is -0.159. The molecular weight excluding hydrogens is 799 g/mol. The van der Waals surface area contributed by atoms with Gasteiger partial charge in [-0.25, -0.2) is 13.4 Å². The number of fused-ring (bicyclic) bond motifs is 5. The number of aromatic nitrogens is 1. The Morgan fingerprint density at radius 2 is 1.72 bits per heavy atom. The van der Waals surface area contributed by atoms with E-state index in [1.165, 1.54) is 0 Å². The van der Waals surface area contributed by atoms with Crippen LogP contribution in [-0.4, -0.2) is 102 Å². The van der Waals surface area contributed by atoms with Gasteiger partial charge in [0, 0.05) is 54.3 Å². The summed E-state index contributed by atoms with van der Waals surface area (Å²) in [5.41, 5.74) is 0.227. The van der Waals surface area contributed by atoms with Crippen molar-refractivity contribution in [2.45, 2.75) is 101 Å². The number of allylic oxidation sites excluding steroid dienone is 1. The highest BCUT2D eigenvalue weighted by molar-refractivity contribution is 7.91. The standard InChI is InChI=1S/C46H55N5O9S/c1-45(2,3)60-39(52)22-29-12-8-6-5-7-9-13-31-24-46(31,44(56)49-61(57,58)33-20-21-33)48-41(53)40-36-27-50(25-30(36)26-51(40)42(29)54)43(55)35-23-38(28-16-18-32(59-4)19-17-28)47-37-15-11-10-14-34(35)37/h9-11,13-19,23,29-31,33,36,40H,5-8,12,20-22,24-27H2,1-4H3,(H,48,53)(H,49,56)/b13-9-/t29-,30-,31+,36-,40-,46+/m0/s1. The van der Waals surface area contributed by atoms with E-state index in [9.17, 15) is 32.4 Å². The van der Waals surface area contributed by atoms with Crippen LogP contribution in [0.3, 0.4) is 0 Å². The molecule has 15 heteroatoms. The van der Waals surface area contributed by atoms with Crippen molar-refractivity contribution < 1.29 is 41.9 Å². The van der Waals surface area contributed by atoms with Gasteiger partial charge in [0.1, 0.15) is 22.9 Å². The molecular formula is C46H55N5O9S. The van der Waals surface area contributed by atoms with Crippen LogP contribution in [0.2, 0.25) is 0 Å². The SMILES string of the molecule is COc1ccc(-c2cc(C(=O)N3C[C@H]4CN5C(=O)[C@H](CC(=O)OC(C)(C)C)CCCCC/C=C\[C@@H]6C[C@@]6(C(=O)NS(=O)(=O)C6CC6)NC(=O)[C@@H]5[C@H]4C3)c3ccccc3n2)cc1. The first kappa shape index (κ1) is 42.4. The summed E-state index contributed by atoms with van der Waals surface area (Å²) in [5.74, 6) is -3.79. The summed E-state index contributed by atoms with van der Waals surface area (Å²) < 4.78 is 39.3. The molecule has 1 aromatic heterocycles. The van der Waals surface area contributed by atoms with Crippen molar-refractivity contribution in [1.82, 2.24) is 24.8 Å². The fourth-order valence-corrected chi connectivity index (χ4v) is 10.7. The van der Waals surface area contributed by atoms with Gasteiger partial charge >= 0.3 is 5.97 Å². The number of para-hydroxylation sites is 1. The van der Waals surface area contributed by atoms with Gasteiger partial charge in [0.25, 0.3) is 11.8 Å². The number of nitrogens with zero attached hydrogens (tertiary/aromatic N) is 3. The van der Waals surface area contributed by atoms with Gasteiger partial charge in [0.15, 0.2) is 0 Å². The van der Waals surface area contributed by atoms with Crippen molar-refractivity contribution in [2.24, 2.45) is 23.7 Å². The smallest absolute Gasteiger partial charge is 0.307 e. The zero-order valence-corrected chi connectivity index (χ0v) is 36.0.